The van der Waals surface area contributed by atoms with Crippen LogP contribution in [0, 0.1) is 10.1 Å². The minimum absolute atomic E-state index is 0.286. The van der Waals surface area contributed by atoms with Crippen molar-refractivity contribution in [2.45, 2.75) is 6.92 Å². The number of nitrogens with zero attached hydrogens (tertiary/aromatic N) is 1. The van der Waals surface area contributed by atoms with Crippen LogP contribution in [0.5, 0.6) is 5.75 Å². The highest BCUT2D eigenvalue weighted by atomic mass is 79.9. The van der Waals surface area contributed by atoms with Crippen molar-refractivity contribution >= 4 is 28.0 Å². The molecule has 0 N–H and O–H groups in total. The normalized spacial score (nSPS) is 10.4. The molecule has 0 aliphatic heterocycles. The second kappa shape index (κ2) is 5.41. The largest absolute Gasteiger partial charge is 0.426 e. The van der Waals surface area contributed by atoms with Gasteiger partial charge in [0.1, 0.15) is 5.75 Å². The van der Waals surface area contributed by atoms with E-state index in [1.807, 2.05) is 0 Å². The molecular weight excluding hydrogens is 278 g/mol. The summed E-state index contributed by atoms with van der Waals surface area (Å²) in [6, 6.07) is 4.87. The molecule has 0 saturated carbocycles. The number of halogens is 1. The van der Waals surface area contributed by atoms with Crippen molar-refractivity contribution in [3.63, 3.8) is 0 Å². The molecule has 0 radical (unpaired) electrons. The lowest BCUT2D eigenvalue weighted by molar-refractivity contribution is -0.400. The first-order valence-electron chi connectivity index (χ1n) is 4.28. The monoisotopic (exact) mass is 285 g/mol. The average Bonchev–Trinajstić information content (AvgIpc) is 2.17. The fourth-order valence-corrected chi connectivity index (χ4v) is 1.42. The number of ether oxygens (including phenoxy) is 1. The topological polar surface area (TPSA) is 69.4 Å². The summed E-state index contributed by atoms with van der Waals surface area (Å²) in [5.41, 5.74) is 0.460. The minimum atomic E-state index is -0.585. The molecule has 0 heterocycles. The van der Waals surface area contributed by atoms with Gasteiger partial charge in [0.05, 0.1) is 4.92 Å². The summed E-state index contributed by atoms with van der Waals surface area (Å²) in [6.45, 7) is 1.27. The standard InChI is InChI=1S/C10H8BrNO4/c1-7(13)16-10-3-2-9(11)6-8(10)4-5-12(14)15/h2-6H,1H3/b5-4+. The van der Waals surface area contributed by atoms with Crippen LogP contribution in [0.2, 0.25) is 0 Å². The Morgan fingerprint density at radius 1 is 1.56 bits per heavy atom. The third-order valence-electron chi connectivity index (χ3n) is 1.60. The Labute approximate surface area is 100.0 Å². The molecule has 0 atom stereocenters. The Morgan fingerprint density at radius 3 is 2.81 bits per heavy atom. The lowest BCUT2D eigenvalue weighted by atomic mass is 10.2. The van der Waals surface area contributed by atoms with Crippen molar-refractivity contribution in [3.8, 4) is 5.75 Å². The van der Waals surface area contributed by atoms with Gasteiger partial charge in [0.2, 0.25) is 6.20 Å². The summed E-state index contributed by atoms with van der Waals surface area (Å²) in [5.74, 6) is -0.188. The summed E-state index contributed by atoms with van der Waals surface area (Å²) >= 11 is 3.23. The summed E-state index contributed by atoms with van der Waals surface area (Å²) in [4.78, 5) is 20.4. The van der Waals surface area contributed by atoms with Crippen LogP contribution in [0.4, 0.5) is 0 Å². The molecule has 0 aromatic heterocycles. The van der Waals surface area contributed by atoms with Crippen LogP contribution in [0.3, 0.4) is 0 Å². The molecular formula is C10H8BrNO4. The van der Waals surface area contributed by atoms with Gasteiger partial charge in [-0.05, 0) is 18.2 Å². The zero-order chi connectivity index (χ0) is 12.1. The fraction of sp³-hybridized carbons (Fsp3) is 0.100. The van der Waals surface area contributed by atoms with E-state index >= 15 is 0 Å². The Morgan fingerprint density at radius 2 is 2.25 bits per heavy atom. The molecule has 0 bridgehead atoms. The highest BCUT2D eigenvalue weighted by Crippen LogP contribution is 2.24. The molecule has 84 valence electrons. The van der Waals surface area contributed by atoms with Gasteiger partial charge in [0, 0.05) is 23.0 Å². The molecule has 0 aliphatic rings. The summed E-state index contributed by atoms with van der Waals surface area (Å²) in [6.07, 6.45) is 2.05. The Hall–Kier alpha value is -1.69. The van der Waals surface area contributed by atoms with Crippen molar-refractivity contribution in [1.29, 1.82) is 0 Å². The zero-order valence-electron chi connectivity index (χ0n) is 8.34. The van der Waals surface area contributed by atoms with Crippen LogP contribution < -0.4 is 4.74 Å². The van der Waals surface area contributed by atoms with Crippen molar-refractivity contribution < 1.29 is 14.5 Å². The number of hydrogen-bond donors (Lipinski definition) is 0. The fourth-order valence-electron chi connectivity index (χ4n) is 1.04. The van der Waals surface area contributed by atoms with E-state index in [9.17, 15) is 14.9 Å². The van der Waals surface area contributed by atoms with Crippen LogP contribution in [0.15, 0.2) is 28.9 Å². The first kappa shape index (κ1) is 12.4. The van der Waals surface area contributed by atoms with Gasteiger partial charge in [-0.25, -0.2) is 0 Å². The van der Waals surface area contributed by atoms with Crippen LogP contribution in [-0.4, -0.2) is 10.9 Å². The molecule has 0 fully saturated rings. The predicted octanol–water partition coefficient (Wildman–Crippen LogP) is 2.62. The first-order valence-corrected chi connectivity index (χ1v) is 5.08. The minimum Gasteiger partial charge on any atom is -0.426 e. The third kappa shape index (κ3) is 3.82. The van der Waals surface area contributed by atoms with E-state index < -0.39 is 10.9 Å². The number of benzene rings is 1. The van der Waals surface area contributed by atoms with E-state index in [0.29, 0.717) is 5.56 Å². The van der Waals surface area contributed by atoms with Crippen LogP contribution in [0.25, 0.3) is 6.08 Å². The van der Waals surface area contributed by atoms with Gasteiger partial charge in [-0.15, -0.1) is 0 Å². The molecule has 1 rings (SSSR count). The van der Waals surface area contributed by atoms with E-state index in [2.05, 4.69) is 15.9 Å². The maximum Gasteiger partial charge on any atom is 0.308 e. The van der Waals surface area contributed by atoms with Gasteiger partial charge in [0.25, 0.3) is 0 Å². The van der Waals surface area contributed by atoms with Gasteiger partial charge < -0.3 is 4.74 Å². The smallest absolute Gasteiger partial charge is 0.308 e. The second-order valence-corrected chi connectivity index (χ2v) is 3.79. The SMILES string of the molecule is CC(=O)Oc1ccc(Br)cc1/C=C/[N+](=O)[O-]. The average molecular weight is 286 g/mol. The number of nitro groups is 1. The van der Waals surface area contributed by atoms with Crippen molar-refractivity contribution in [2.75, 3.05) is 0 Å². The first-order chi connectivity index (χ1) is 7.49. The third-order valence-corrected chi connectivity index (χ3v) is 2.09. The van der Waals surface area contributed by atoms with Crippen LogP contribution in [-0.2, 0) is 4.79 Å². The molecule has 5 nitrogen and oxygen atoms in total. The number of hydrogen-bond acceptors (Lipinski definition) is 4. The van der Waals surface area contributed by atoms with E-state index in [4.69, 9.17) is 4.74 Å². The van der Waals surface area contributed by atoms with Crippen molar-refractivity contribution in [1.82, 2.24) is 0 Å². The van der Waals surface area contributed by atoms with Crippen LogP contribution in [0.1, 0.15) is 12.5 Å². The predicted molar refractivity (Wildman–Crippen MR) is 61.5 cm³/mol. The Balaban J connectivity index is 3.07. The molecule has 1 aromatic rings. The molecule has 16 heavy (non-hydrogen) atoms. The molecule has 0 aliphatic carbocycles. The number of carbonyl (C=O) groups is 1. The van der Waals surface area contributed by atoms with Gasteiger partial charge in [-0.2, -0.15) is 0 Å². The van der Waals surface area contributed by atoms with E-state index in [-0.39, 0.29) is 5.75 Å². The van der Waals surface area contributed by atoms with Gasteiger partial charge in [0.15, 0.2) is 0 Å². The summed E-state index contributed by atoms with van der Waals surface area (Å²) in [7, 11) is 0. The van der Waals surface area contributed by atoms with Crippen molar-refractivity contribution in [3.05, 3.63) is 44.5 Å². The second-order valence-electron chi connectivity index (χ2n) is 2.88. The highest BCUT2D eigenvalue weighted by molar-refractivity contribution is 9.10. The maximum absolute atomic E-state index is 10.8. The van der Waals surface area contributed by atoms with E-state index in [1.54, 1.807) is 18.2 Å². The maximum atomic E-state index is 10.8. The number of esters is 1. The van der Waals surface area contributed by atoms with E-state index in [0.717, 1.165) is 10.7 Å². The van der Waals surface area contributed by atoms with Crippen LogP contribution >= 0.6 is 15.9 Å². The quantitative estimate of drug-likeness (QED) is 0.370. The number of rotatable bonds is 3. The summed E-state index contributed by atoms with van der Waals surface area (Å²) in [5, 5.41) is 10.2. The van der Waals surface area contributed by atoms with E-state index in [1.165, 1.54) is 13.0 Å². The molecule has 0 spiro atoms. The zero-order valence-corrected chi connectivity index (χ0v) is 9.93. The Bertz CT molecular complexity index is 456. The lowest BCUT2D eigenvalue weighted by Crippen LogP contribution is -2.02. The molecule has 1 aromatic carbocycles. The Kier molecular flexibility index (Phi) is 4.19. The molecule has 6 heteroatoms. The number of carbonyl (C=O) groups excluding carboxylic acids is 1. The highest BCUT2D eigenvalue weighted by Gasteiger charge is 2.05. The summed E-state index contributed by atoms with van der Waals surface area (Å²) < 4.78 is 5.64. The van der Waals surface area contributed by atoms with Gasteiger partial charge in [-0.1, -0.05) is 15.9 Å². The lowest BCUT2D eigenvalue weighted by Gasteiger charge is -2.05. The van der Waals surface area contributed by atoms with Gasteiger partial charge in [-0.3, -0.25) is 14.9 Å². The molecule has 0 amide bonds. The molecule has 0 unspecified atom stereocenters. The molecule has 0 saturated heterocycles. The van der Waals surface area contributed by atoms with Crippen molar-refractivity contribution in [2.24, 2.45) is 0 Å². The van der Waals surface area contributed by atoms with Gasteiger partial charge >= 0.3 is 5.97 Å².